The van der Waals surface area contributed by atoms with Crippen molar-refractivity contribution in [2.45, 2.75) is 44.4 Å². The van der Waals surface area contributed by atoms with Gasteiger partial charge in [-0.25, -0.2) is 8.42 Å². The van der Waals surface area contributed by atoms with Crippen LogP contribution >= 0.6 is 0 Å². The topological polar surface area (TPSA) is 90.7 Å². The van der Waals surface area contributed by atoms with Gasteiger partial charge < -0.3 is 9.64 Å². The van der Waals surface area contributed by atoms with Gasteiger partial charge in [-0.2, -0.15) is 9.57 Å². The second-order valence-electron chi connectivity index (χ2n) is 8.91. The number of aryl methyl sites for hydroxylation is 2. The van der Waals surface area contributed by atoms with Crippen LogP contribution in [0.25, 0.3) is 0 Å². The van der Waals surface area contributed by atoms with Crippen LogP contribution in [0.5, 0.6) is 11.5 Å². The molecule has 1 heterocycles. The van der Waals surface area contributed by atoms with Gasteiger partial charge in [0.1, 0.15) is 16.4 Å². The van der Waals surface area contributed by atoms with Crippen molar-refractivity contribution in [3.63, 3.8) is 0 Å². The number of nitrogens with zero attached hydrogens (tertiary/aromatic N) is 3. The predicted molar refractivity (Wildman–Crippen MR) is 124 cm³/mol. The number of carbonyl (C=O) groups excluding carboxylic acids is 1. The molecule has 0 aromatic heterocycles. The summed E-state index contributed by atoms with van der Waals surface area (Å²) in [7, 11) is -3.91. The zero-order valence-corrected chi connectivity index (χ0v) is 19.9. The van der Waals surface area contributed by atoms with E-state index in [1.807, 2.05) is 38.1 Å². The fourth-order valence-electron chi connectivity index (χ4n) is 4.70. The Bertz CT molecular complexity index is 1170. The van der Waals surface area contributed by atoms with Crippen molar-refractivity contribution in [1.82, 2.24) is 9.21 Å². The van der Waals surface area contributed by atoms with Gasteiger partial charge in [0.25, 0.3) is 0 Å². The van der Waals surface area contributed by atoms with E-state index in [-0.39, 0.29) is 41.1 Å². The smallest absolute Gasteiger partial charge is 0.246 e. The van der Waals surface area contributed by atoms with Crippen LogP contribution in [0.15, 0.2) is 41.3 Å². The summed E-state index contributed by atoms with van der Waals surface area (Å²) in [5.74, 6) is 0.956. The fourth-order valence-corrected chi connectivity index (χ4v) is 6.26. The van der Waals surface area contributed by atoms with Crippen LogP contribution in [0.1, 0.15) is 42.4 Å². The lowest BCUT2D eigenvalue weighted by atomic mass is 10.1. The third kappa shape index (κ3) is 5.05. The minimum absolute atomic E-state index is 0.0312. The van der Waals surface area contributed by atoms with Crippen molar-refractivity contribution in [1.29, 1.82) is 5.26 Å². The molecule has 0 bridgehead atoms. The van der Waals surface area contributed by atoms with Gasteiger partial charge in [0.2, 0.25) is 15.9 Å². The van der Waals surface area contributed by atoms with Crippen LogP contribution in [0.2, 0.25) is 0 Å². The quantitative estimate of drug-likeness (QED) is 0.663. The predicted octanol–water partition coefficient (Wildman–Crippen LogP) is 3.99. The van der Waals surface area contributed by atoms with Crippen molar-refractivity contribution in [2.24, 2.45) is 5.92 Å². The molecule has 2 aliphatic rings. The number of rotatable bonds is 5. The molecule has 1 amide bonds. The first-order valence-corrected chi connectivity index (χ1v) is 12.8. The van der Waals surface area contributed by atoms with Gasteiger partial charge in [-0.05, 0) is 68.1 Å². The van der Waals surface area contributed by atoms with Crippen molar-refractivity contribution in [3.8, 4) is 17.6 Å². The minimum Gasteiger partial charge on any atom is -0.456 e. The molecule has 0 unspecified atom stereocenters. The van der Waals surface area contributed by atoms with Gasteiger partial charge >= 0.3 is 0 Å². The zero-order chi connectivity index (χ0) is 23.6. The summed E-state index contributed by atoms with van der Waals surface area (Å²) in [6.07, 6.45) is 4.03. The molecule has 8 heteroatoms. The molecule has 174 valence electrons. The summed E-state index contributed by atoms with van der Waals surface area (Å²) in [5.41, 5.74) is 2.26. The molecule has 1 aliphatic carbocycles. The second kappa shape index (κ2) is 9.54. The molecular weight excluding hydrogens is 438 g/mol. The van der Waals surface area contributed by atoms with Gasteiger partial charge in [-0.15, -0.1) is 0 Å². The first-order valence-electron chi connectivity index (χ1n) is 11.4. The molecule has 0 N–H and O–H groups in total. The van der Waals surface area contributed by atoms with E-state index in [0.29, 0.717) is 18.8 Å². The van der Waals surface area contributed by atoms with Crippen LogP contribution in [0, 0.1) is 31.1 Å². The van der Waals surface area contributed by atoms with Crippen LogP contribution in [0.3, 0.4) is 0 Å². The summed E-state index contributed by atoms with van der Waals surface area (Å²) < 4.78 is 34.5. The highest BCUT2D eigenvalue weighted by molar-refractivity contribution is 7.89. The van der Waals surface area contributed by atoms with Crippen LogP contribution in [0.4, 0.5) is 0 Å². The molecule has 33 heavy (non-hydrogen) atoms. The number of nitriles is 1. The Balaban J connectivity index is 1.56. The van der Waals surface area contributed by atoms with Crippen LogP contribution < -0.4 is 4.74 Å². The maximum absolute atomic E-state index is 13.6. The largest absolute Gasteiger partial charge is 0.456 e. The van der Waals surface area contributed by atoms with Crippen molar-refractivity contribution in [3.05, 3.63) is 53.1 Å². The number of carbonyl (C=O) groups is 1. The van der Waals surface area contributed by atoms with E-state index >= 15 is 0 Å². The Morgan fingerprint density at radius 2 is 1.64 bits per heavy atom. The zero-order valence-electron chi connectivity index (χ0n) is 19.1. The first kappa shape index (κ1) is 23.3. The fraction of sp³-hybridized carbons (Fsp3) is 0.440. The highest BCUT2D eigenvalue weighted by Gasteiger charge is 2.35. The molecule has 2 fully saturated rings. The molecule has 7 nitrogen and oxygen atoms in total. The van der Waals surface area contributed by atoms with E-state index in [0.717, 1.165) is 36.8 Å². The Hall–Kier alpha value is -2.89. The lowest BCUT2D eigenvalue weighted by Gasteiger charge is -2.35. The van der Waals surface area contributed by atoms with Crippen molar-refractivity contribution >= 4 is 15.9 Å². The number of benzene rings is 2. The van der Waals surface area contributed by atoms with Crippen molar-refractivity contribution in [2.75, 3.05) is 26.2 Å². The molecular formula is C25H29N3O4S. The van der Waals surface area contributed by atoms with E-state index in [9.17, 15) is 18.5 Å². The average molecular weight is 468 g/mol. The molecule has 1 aliphatic heterocycles. The molecule has 1 saturated heterocycles. The molecule has 0 spiro atoms. The van der Waals surface area contributed by atoms with Gasteiger partial charge in [-0.1, -0.05) is 18.9 Å². The second-order valence-corrected chi connectivity index (χ2v) is 10.8. The van der Waals surface area contributed by atoms with E-state index in [1.165, 1.54) is 16.4 Å². The lowest BCUT2D eigenvalue weighted by molar-refractivity contribution is -0.136. The van der Waals surface area contributed by atoms with Gasteiger partial charge in [0.15, 0.2) is 0 Å². The molecule has 2 aromatic rings. The Labute approximate surface area is 195 Å². The summed E-state index contributed by atoms with van der Waals surface area (Å²) in [5, 5.41) is 9.35. The normalized spacial score (nSPS) is 17.7. The van der Waals surface area contributed by atoms with Crippen LogP contribution in [-0.4, -0.2) is 49.7 Å². The third-order valence-corrected chi connectivity index (χ3v) is 8.29. The van der Waals surface area contributed by atoms with Crippen LogP contribution in [-0.2, 0) is 14.8 Å². The van der Waals surface area contributed by atoms with Gasteiger partial charge in [-0.3, -0.25) is 4.79 Å². The van der Waals surface area contributed by atoms with E-state index in [1.54, 1.807) is 11.0 Å². The minimum atomic E-state index is -3.91. The Kier molecular flexibility index (Phi) is 6.73. The summed E-state index contributed by atoms with van der Waals surface area (Å²) in [6.45, 7) is 5.09. The molecule has 0 radical (unpaired) electrons. The number of amides is 1. The SMILES string of the molecule is Cc1cc(C)cc(Oc2ccc(C#N)cc2S(=O)(=O)N2CCN(C(=O)C3CCCC3)CC2)c1. The van der Waals surface area contributed by atoms with E-state index < -0.39 is 10.0 Å². The highest BCUT2D eigenvalue weighted by Crippen LogP contribution is 2.33. The standard InChI is InChI=1S/C25H29N3O4S/c1-18-13-19(2)15-22(14-18)32-23-8-7-20(17-26)16-24(23)33(30,31)28-11-9-27(10-12-28)25(29)21-5-3-4-6-21/h7-8,13-16,21H,3-6,9-12H2,1-2H3. The van der Waals surface area contributed by atoms with E-state index in [4.69, 9.17) is 4.74 Å². The summed E-state index contributed by atoms with van der Waals surface area (Å²) >= 11 is 0. The highest BCUT2D eigenvalue weighted by atomic mass is 32.2. The van der Waals surface area contributed by atoms with Gasteiger partial charge in [0, 0.05) is 32.1 Å². The van der Waals surface area contributed by atoms with Gasteiger partial charge in [0.05, 0.1) is 11.6 Å². The number of hydrogen-bond acceptors (Lipinski definition) is 5. The summed E-state index contributed by atoms with van der Waals surface area (Å²) in [6, 6.07) is 12.2. The van der Waals surface area contributed by atoms with E-state index in [2.05, 4.69) is 0 Å². The maximum Gasteiger partial charge on any atom is 0.246 e. The number of piperazine rings is 1. The maximum atomic E-state index is 13.6. The molecule has 1 saturated carbocycles. The lowest BCUT2D eigenvalue weighted by Crippen LogP contribution is -2.51. The molecule has 4 rings (SSSR count). The Morgan fingerprint density at radius 3 is 2.24 bits per heavy atom. The summed E-state index contributed by atoms with van der Waals surface area (Å²) in [4.78, 5) is 14.5. The number of ether oxygens (including phenoxy) is 1. The average Bonchev–Trinajstić information content (AvgIpc) is 3.33. The van der Waals surface area contributed by atoms with Crippen molar-refractivity contribution < 1.29 is 17.9 Å². The third-order valence-electron chi connectivity index (χ3n) is 6.37. The number of hydrogen-bond donors (Lipinski definition) is 0. The molecule has 2 aromatic carbocycles. The Morgan fingerprint density at radius 1 is 1.00 bits per heavy atom. The number of sulfonamides is 1. The first-order chi connectivity index (χ1) is 15.8. The molecule has 0 atom stereocenters. The monoisotopic (exact) mass is 467 g/mol.